The van der Waals surface area contributed by atoms with Crippen LogP contribution in [-0.2, 0) is 0 Å². The van der Waals surface area contributed by atoms with E-state index < -0.39 is 0 Å². The molecule has 0 spiro atoms. The van der Waals surface area contributed by atoms with Crippen LogP contribution >= 0.6 is 11.6 Å². The summed E-state index contributed by atoms with van der Waals surface area (Å²) >= 11 is 5.69. The van der Waals surface area contributed by atoms with E-state index in [1.807, 2.05) is 13.8 Å². The van der Waals surface area contributed by atoms with Crippen LogP contribution in [0.15, 0.2) is 12.1 Å². The van der Waals surface area contributed by atoms with Crippen LogP contribution in [0.25, 0.3) is 0 Å². The van der Waals surface area contributed by atoms with Gasteiger partial charge in [0.05, 0.1) is 5.69 Å². The summed E-state index contributed by atoms with van der Waals surface area (Å²) in [7, 11) is 0. The zero-order valence-corrected chi connectivity index (χ0v) is 7.89. The third-order valence-corrected chi connectivity index (χ3v) is 1.53. The van der Waals surface area contributed by atoms with Gasteiger partial charge in [-0.25, -0.2) is 4.98 Å². The third-order valence-electron chi connectivity index (χ3n) is 1.32. The molecule has 1 aromatic rings. The number of anilines is 2. The first kappa shape index (κ1) is 9.13. The van der Waals surface area contributed by atoms with Crippen molar-refractivity contribution in [2.75, 3.05) is 11.1 Å². The molecule has 0 fully saturated rings. The first-order valence-corrected chi connectivity index (χ1v) is 4.16. The maximum Gasteiger partial charge on any atom is 0.151 e. The van der Waals surface area contributed by atoms with Gasteiger partial charge < -0.3 is 11.1 Å². The van der Waals surface area contributed by atoms with Crippen molar-refractivity contribution in [2.24, 2.45) is 0 Å². The highest BCUT2D eigenvalue weighted by Crippen LogP contribution is 2.18. The molecule has 1 heterocycles. The monoisotopic (exact) mass is 185 g/mol. The van der Waals surface area contributed by atoms with Gasteiger partial charge in [-0.3, -0.25) is 0 Å². The molecule has 0 aliphatic carbocycles. The van der Waals surface area contributed by atoms with E-state index in [9.17, 15) is 0 Å². The molecule has 12 heavy (non-hydrogen) atoms. The molecule has 4 heteroatoms. The Bertz CT molecular complexity index is 273. The van der Waals surface area contributed by atoms with Crippen LogP contribution in [0.4, 0.5) is 11.5 Å². The lowest BCUT2D eigenvalue weighted by Gasteiger charge is -2.10. The van der Waals surface area contributed by atoms with Crippen LogP contribution in [0, 0.1) is 0 Å². The van der Waals surface area contributed by atoms with Crippen LogP contribution in [0.3, 0.4) is 0 Å². The molecule has 0 aliphatic rings. The van der Waals surface area contributed by atoms with Gasteiger partial charge in [0.25, 0.3) is 0 Å². The van der Waals surface area contributed by atoms with E-state index in [1.54, 1.807) is 12.1 Å². The summed E-state index contributed by atoms with van der Waals surface area (Å²) in [5, 5.41) is 3.54. The summed E-state index contributed by atoms with van der Waals surface area (Å²) in [5.41, 5.74) is 6.27. The Kier molecular flexibility index (Phi) is 2.76. The Morgan fingerprint density at radius 3 is 2.75 bits per heavy atom. The molecular formula is C8H12ClN3. The lowest BCUT2D eigenvalue weighted by Crippen LogP contribution is -2.12. The first-order chi connectivity index (χ1) is 5.59. The van der Waals surface area contributed by atoms with Crippen molar-refractivity contribution in [3.05, 3.63) is 17.3 Å². The average Bonchev–Trinajstić information content (AvgIpc) is 1.96. The Morgan fingerprint density at radius 2 is 2.17 bits per heavy atom. The average molecular weight is 186 g/mol. The minimum atomic E-state index is 0.304. The summed E-state index contributed by atoms with van der Waals surface area (Å²) < 4.78 is 0. The highest BCUT2D eigenvalue weighted by molar-refractivity contribution is 6.29. The number of nitrogens with one attached hydrogen (secondary N) is 1. The van der Waals surface area contributed by atoms with Gasteiger partial charge in [0.15, 0.2) is 5.82 Å². The normalized spacial score (nSPS) is 10.3. The number of halogens is 1. The van der Waals surface area contributed by atoms with Gasteiger partial charge in [0.1, 0.15) is 5.15 Å². The fourth-order valence-corrected chi connectivity index (χ4v) is 0.983. The predicted octanol–water partition coefficient (Wildman–Crippen LogP) is 2.14. The molecule has 0 saturated heterocycles. The lowest BCUT2D eigenvalue weighted by molar-refractivity contribution is 0.890. The molecule has 0 amide bonds. The van der Waals surface area contributed by atoms with Crippen molar-refractivity contribution >= 4 is 23.1 Å². The summed E-state index contributed by atoms with van der Waals surface area (Å²) in [6.45, 7) is 4.03. The van der Waals surface area contributed by atoms with Crippen LogP contribution in [0.5, 0.6) is 0 Å². The molecule has 0 saturated carbocycles. The van der Waals surface area contributed by atoms with Gasteiger partial charge in [0, 0.05) is 6.04 Å². The van der Waals surface area contributed by atoms with E-state index in [0.717, 1.165) is 0 Å². The van der Waals surface area contributed by atoms with E-state index >= 15 is 0 Å². The molecule has 0 unspecified atom stereocenters. The van der Waals surface area contributed by atoms with Gasteiger partial charge in [-0.2, -0.15) is 0 Å². The maximum absolute atomic E-state index is 5.69. The van der Waals surface area contributed by atoms with Crippen LogP contribution in [0.1, 0.15) is 13.8 Å². The minimum Gasteiger partial charge on any atom is -0.396 e. The summed E-state index contributed by atoms with van der Waals surface area (Å²) in [6.07, 6.45) is 0. The predicted molar refractivity (Wildman–Crippen MR) is 52.4 cm³/mol. The Labute approximate surface area is 76.9 Å². The molecule has 0 aliphatic heterocycles. The summed E-state index contributed by atoms with van der Waals surface area (Å²) in [4.78, 5) is 4.04. The number of hydrogen-bond donors (Lipinski definition) is 2. The van der Waals surface area contributed by atoms with Crippen molar-refractivity contribution in [1.29, 1.82) is 0 Å². The highest BCUT2D eigenvalue weighted by Gasteiger charge is 2.02. The molecule has 1 aromatic heterocycles. The van der Waals surface area contributed by atoms with Gasteiger partial charge in [-0.1, -0.05) is 11.6 Å². The molecule has 0 aromatic carbocycles. The van der Waals surface area contributed by atoms with Crippen molar-refractivity contribution in [2.45, 2.75) is 19.9 Å². The van der Waals surface area contributed by atoms with Gasteiger partial charge in [-0.15, -0.1) is 0 Å². The van der Waals surface area contributed by atoms with Gasteiger partial charge in [0.2, 0.25) is 0 Å². The fourth-order valence-electron chi connectivity index (χ4n) is 0.835. The molecule has 0 bridgehead atoms. The fraction of sp³-hybridized carbons (Fsp3) is 0.375. The van der Waals surface area contributed by atoms with Gasteiger partial charge in [-0.05, 0) is 26.0 Å². The van der Waals surface area contributed by atoms with Crippen molar-refractivity contribution in [3.8, 4) is 0 Å². The number of nitrogen functional groups attached to an aromatic ring is 1. The van der Waals surface area contributed by atoms with E-state index in [-0.39, 0.29) is 0 Å². The van der Waals surface area contributed by atoms with Crippen LogP contribution in [0.2, 0.25) is 5.15 Å². The summed E-state index contributed by atoms with van der Waals surface area (Å²) in [6, 6.07) is 3.71. The number of hydrogen-bond acceptors (Lipinski definition) is 3. The highest BCUT2D eigenvalue weighted by atomic mass is 35.5. The smallest absolute Gasteiger partial charge is 0.151 e. The number of rotatable bonds is 2. The molecule has 3 nitrogen and oxygen atoms in total. The number of nitrogens with two attached hydrogens (primary N) is 1. The third kappa shape index (κ3) is 2.27. The SMILES string of the molecule is CC(C)Nc1nc(Cl)ccc1N. The number of aromatic nitrogens is 1. The standard InChI is InChI=1S/C8H12ClN3/c1-5(2)11-8-6(10)3-4-7(9)12-8/h3-5H,10H2,1-2H3,(H,11,12). The zero-order chi connectivity index (χ0) is 9.14. The van der Waals surface area contributed by atoms with Crippen molar-refractivity contribution in [1.82, 2.24) is 4.98 Å². The number of pyridine rings is 1. The van der Waals surface area contributed by atoms with E-state index in [4.69, 9.17) is 17.3 Å². The summed E-state index contributed by atoms with van der Waals surface area (Å²) in [5.74, 6) is 0.650. The van der Waals surface area contributed by atoms with E-state index in [0.29, 0.717) is 22.7 Å². The zero-order valence-electron chi connectivity index (χ0n) is 7.13. The van der Waals surface area contributed by atoms with Crippen molar-refractivity contribution in [3.63, 3.8) is 0 Å². The molecule has 3 N–H and O–H groups in total. The van der Waals surface area contributed by atoms with Crippen LogP contribution in [-0.4, -0.2) is 11.0 Å². The first-order valence-electron chi connectivity index (χ1n) is 3.78. The lowest BCUT2D eigenvalue weighted by atomic mass is 10.3. The van der Waals surface area contributed by atoms with Crippen molar-refractivity contribution < 1.29 is 0 Å². The molecule has 66 valence electrons. The topological polar surface area (TPSA) is 50.9 Å². The largest absolute Gasteiger partial charge is 0.396 e. The molecule has 0 radical (unpaired) electrons. The quantitative estimate of drug-likeness (QED) is 0.695. The van der Waals surface area contributed by atoms with Gasteiger partial charge >= 0.3 is 0 Å². The molecular weight excluding hydrogens is 174 g/mol. The molecule has 1 rings (SSSR count). The second-order valence-corrected chi connectivity index (χ2v) is 3.26. The maximum atomic E-state index is 5.69. The Hall–Kier alpha value is -0.960. The second-order valence-electron chi connectivity index (χ2n) is 2.87. The van der Waals surface area contributed by atoms with E-state index in [2.05, 4.69) is 10.3 Å². The van der Waals surface area contributed by atoms with E-state index in [1.165, 1.54) is 0 Å². The second kappa shape index (κ2) is 3.63. The Balaban J connectivity index is 2.90. The minimum absolute atomic E-state index is 0.304. The molecule has 0 atom stereocenters. The van der Waals surface area contributed by atoms with Crippen LogP contribution < -0.4 is 11.1 Å². The number of nitrogens with zero attached hydrogens (tertiary/aromatic N) is 1. The Morgan fingerprint density at radius 1 is 1.50 bits per heavy atom.